The van der Waals surface area contributed by atoms with E-state index in [1.54, 1.807) is 0 Å². The predicted molar refractivity (Wildman–Crippen MR) is 114 cm³/mol. The zero-order valence-corrected chi connectivity index (χ0v) is 18.4. The zero-order valence-electron chi connectivity index (χ0n) is 18.4. The summed E-state index contributed by atoms with van der Waals surface area (Å²) in [5, 5.41) is 9.92. The molecule has 1 unspecified atom stereocenters. The van der Waals surface area contributed by atoms with Gasteiger partial charge in [0.1, 0.15) is 0 Å². The van der Waals surface area contributed by atoms with E-state index in [0.29, 0.717) is 18.3 Å². The molecular formula is C25H36O4. The Hall–Kier alpha value is -1.68. The van der Waals surface area contributed by atoms with E-state index >= 15 is 0 Å². The van der Waals surface area contributed by atoms with Crippen LogP contribution in [0, 0.1) is 22.7 Å². The van der Waals surface area contributed by atoms with E-state index in [0.717, 1.165) is 38.2 Å². The third-order valence-electron chi connectivity index (χ3n) is 7.87. The molecule has 0 aromatic carbocycles. The van der Waals surface area contributed by atoms with E-state index in [-0.39, 0.29) is 22.2 Å². The molecule has 1 saturated carbocycles. The predicted octanol–water partition coefficient (Wildman–Crippen LogP) is 5.27. The molecule has 0 aromatic rings. The molecule has 29 heavy (non-hydrogen) atoms. The summed E-state index contributed by atoms with van der Waals surface area (Å²) >= 11 is 0. The van der Waals surface area contributed by atoms with Crippen LogP contribution in [-0.4, -0.2) is 23.1 Å². The number of hydrogen-bond donors (Lipinski definition) is 1. The molecule has 1 heterocycles. The van der Waals surface area contributed by atoms with Crippen LogP contribution in [0.2, 0.25) is 0 Å². The Morgan fingerprint density at radius 2 is 2.10 bits per heavy atom. The Kier molecular flexibility index (Phi) is 6.24. The van der Waals surface area contributed by atoms with E-state index in [2.05, 4.69) is 40.3 Å². The van der Waals surface area contributed by atoms with Crippen LogP contribution in [0.25, 0.3) is 0 Å². The maximum Gasteiger partial charge on any atom is 0.333 e. The number of hydrogen-bond acceptors (Lipinski definition) is 4. The molecule has 2 aliphatic carbocycles. The Labute approximate surface area is 175 Å². The molecule has 0 spiro atoms. The minimum Gasteiger partial charge on any atom is -0.428 e. The number of carbonyl (C=O) groups excluding carboxylic acids is 2. The third-order valence-corrected chi connectivity index (χ3v) is 7.87. The first-order chi connectivity index (χ1) is 13.6. The maximum absolute atomic E-state index is 13.0. The van der Waals surface area contributed by atoms with Crippen molar-refractivity contribution in [3.05, 3.63) is 35.5 Å². The highest BCUT2D eigenvalue weighted by Gasteiger charge is 2.50. The standard InChI is InChI=1S/C25H36O4/c1-16(2)8-6-12-24(4)13-7-9-20-19(24)11-10-17(3)25(20,5)15-21(26)18-14-22(27)29-23(18)28/h11,14,17,20,23,28H,1,6-10,12-13,15H2,2-5H3/t17-,20-,23?,24-,25+/m1/s1. The van der Waals surface area contributed by atoms with Gasteiger partial charge in [-0.3, -0.25) is 4.79 Å². The van der Waals surface area contributed by atoms with Gasteiger partial charge in [0.05, 0.1) is 5.57 Å². The van der Waals surface area contributed by atoms with E-state index in [1.807, 2.05) is 0 Å². The van der Waals surface area contributed by atoms with Crippen LogP contribution in [0.1, 0.15) is 79.1 Å². The van der Waals surface area contributed by atoms with Gasteiger partial charge in [-0.1, -0.05) is 44.4 Å². The van der Waals surface area contributed by atoms with E-state index < -0.39 is 12.3 Å². The largest absolute Gasteiger partial charge is 0.428 e. The van der Waals surface area contributed by atoms with Gasteiger partial charge < -0.3 is 9.84 Å². The Balaban J connectivity index is 1.82. The number of rotatable bonds is 7. The number of allylic oxidation sites excluding steroid dienone is 3. The number of aliphatic hydroxyl groups excluding tert-OH is 1. The smallest absolute Gasteiger partial charge is 0.333 e. The summed E-state index contributed by atoms with van der Waals surface area (Å²) in [6.07, 6.45) is 10.4. The molecule has 0 saturated heterocycles. The summed E-state index contributed by atoms with van der Waals surface area (Å²) in [5.74, 6) is -0.0529. The van der Waals surface area contributed by atoms with Crippen molar-refractivity contribution >= 4 is 11.8 Å². The molecule has 0 radical (unpaired) electrons. The van der Waals surface area contributed by atoms with Crippen LogP contribution in [0.3, 0.4) is 0 Å². The lowest BCUT2D eigenvalue weighted by Gasteiger charge is -2.54. The molecule has 0 aromatic heterocycles. The average Bonchev–Trinajstić information content (AvgIpc) is 2.97. The van der Waals surface area contributed by atoms with Gasteiger partial charge in [-0.2, -0.15) is 0 Å². The van der Waals surface area contributed by atoms with Gasteiger partial charge in [-0.05, 0) is 68.1 Å². The molecule has 0 bridgehead atoms. The molecule has 5 atom stereocenters. The molecule has 1 N–H and O–H groups in total. The van der Waals surface area contributed by atoms with E-state index in [9.17, 15) is 14.7 Å². The first-order valence-electron chi connectivity index (χ1n) is 11.1. The van der Waals surface area contributed by atoms with Gasteiger partial charge in [0, 0.05) is 12.5 Å². The number of cyclic esters (lactones) is 1. The SMILES string of the molecule is C=C(C)CCC[C@]1(C)CCC[C@@H]2C1=CC[C@@H](C)[C@]2(C)CC(=O)C1=CC(=O)OC1O. The molecule has 4 heteroatoms. The van der Waals surface area contributed by atoms with Crippen molar-refractivity contribution < 1.29 is 19.4 Å². The quantitative estimate of drug-likeness (QED) is 0.467. The van der Waals surface area contributed by atoms with Crippen molar-refractivity contribution in [1.82, 2.24) is 0 Å². The maximum atomic E-state index is 13.0. The number of aliphatic hydroxyl groups is 1. The van der Waals surface area contributed by atoms with Crippen molar-refractivity contribution in [3.63, 3.8) is 0 Å². The minimum atomic E-state index is -1.41. The topological polar surface area (TPSA) is 63.6 Å². The second-order valence-corrected chi connectivity index (χ2v) is 10.1. The summed E-state index contributed by atoms with van der Waals surface area (Å²) in [6.45, 7) is 13.0. The van der Waals surface area contributed by atoms with Crippen LogP contribution in [-0.2, 0) is 14.3 Å². The molecule has 1 aliphatic heterocycles. The number of fused-ring (bicyclic) bond motifs is 1. The number of ketones is 1. The second kappa shape index (κ2) is 8.22. The lowest BCUT2D eigenvalue weighted by molar-refractivity contribution is -0.151. The number of ether oxygens (including phenoxy) is 1. The van der Waals surface area contributed by atoms with Crippen LogP contribution in [0.5, 0.6) is 0 Å². The third kappa shape index (κ3) is 4.28. The highest BCUT2D eigenvalue weighted by Crippen LogP contribution is 2.59. The van der Waals surface area contributed by atoms with Gasteiger partial charge in [0.25, 0.3) is 0 Å². The molecular weight excluding hydrogens is 364 g/mol. The van der Waals surface area contributed by atoms with Gasteiger partial charge in [-0.15, -0.1) is 6.58 Å². The van der Waals surface area contributed by atoms with Crippen LogP contribution < -0.4 is 0 Å². The highest BCUT2D eigenvalue weighted by atomic mass is 16.6. The lowest BCUT2D eigenvalue weighted by atomic mass is 9.50. The van der Waals surface area contributed by atoms with Crippen molar-refractivity contribution in [2.24, 2.45) is 22.7 Å². The summed E-state index contributed by atoms with van der Waals surface area (Å²) in [6, 6.07) is 0. The van der Waals surface area contributed by atoms with Crippen molar-refractivity contribution in [2.75, 3.05) is 0 Å². The fourth-order valence-electron chi connectivity index (χ4n) is 5.83. The minimum absolute atomic E-state index is 0.111. The fourth-order valence-corrected chi connectivity index (χ4v) is 5.83. The molecule has 3 rings (SSSR count). The monoisotopic (exact) mass is 400 g/mol. The summed E-state index contributed by atoms with van der Waals surface area (Å²) < 4.78 is 4.73. The van der Waals surface area contributed by atoms with E-state index in [1.165, 1.54) is 24.0 Å². The van der Waals surface area contributed by atoms with Gasteiger partial charge in [0.2, 0.25) is 6.29 Å². The van der Waals surface area contributed by atoms with Crippen molar-refractivity contribution in [1.29, 1.82) is 0 Å². The second-order valence-electron chi connectivity index (χ2n) is 10.1. The van der Waals surface area contributed by atoms with E-state index in [4.69, 9.17) is 4.74 Å². The average molecular weight is 401 g/mol. The summed E-state index contributed by atoms with van der Waals surface area (Å²) in [5.41, 5.74) is 2.90. The normalized spacial score (nSPS) is 36.7. The zero-order chi connectivity index (χ0) is 21.4. The Morgan fingerprint density at radius 1 is 1.38 bits per heavy atom. The molecule has 0 amide bonds. The highest BCUT2D eigenvalue weighted by molar-refractivity contribution is 6.04. The number of Topliss-reactive ketones (excluding diaryl/α,β-unsaturated/α-hetero) is 1. The van der Waals surface area contributed by atoms with Gasteiger partial charge in [-0.25, -0.2) is 4.79 Å². The molecule has 160 valence electrons. The number of carbonyl (C=O) groups is 2. The first-order valence-corrected chi connectivity index (χ1v) is 11.1. The van der Waals surface area contributed by atoms with Crippen molar-refractivity contribution in [3.8, 4) is 0 Å². The van der Waals surface area contributed by atoms with Crippen LogP contribution >= 0.6 is 0 Å². The lowest BCUT2D eigenvalue weighted by Crippen LogP contribution is -2.45. The van der Waals surface area contributed by atoms with Crippen molar-refractivity contribution in [2.45, 2.75) is 85.4 Å². The summed E-state index contributed by atoms with van der Waals surface area (Å²) in [7, 11) is 0. The Bertz CT molecular complexity index is 761. The van der Waals surface area contributed by atoms with Gasteiger partial charge >= 0.3 is 5.97 Å². The van der Waals surface area contributed by atoms with Gasteiger partial charge in [0.15, 0.2) is 5.78 Å². The fraction of sp³-hybridized carbons (Fsp3) is 0.680. The van der Waals surface area contributed by atoms with Crippen LogP contribution in [0.4, 0.5) is 0 Å². The molecule has 3 aliphatic rings. The number of esters is 1. The molecule has 1 fully saturated rings. The Morgan fingerprint density at radius 3 is 2.72 bits per heavy atom. The summed E-state index contributed by atoms with van der Waals surface area (Å²) in [4.78, 5) is 24.5. The first kappa shape index (κ1) is 22.0. The molecule has 4 nitrogen and oxygen atoms in total. The van der Waals surface area contributed by atoms with Crippen LogP contribution in [0.15, 0.2) is 35.5 Å².